The summed E-state index contributed by atoms with van der Waals surface area (Å²) in [5.41, 5.74) is 1.31. The molecule has 0 aliphatic heterocycles. The Hall–Kier alpha value is -2.63. The van der Waals surface area contributed by atoms with Crippen LogP contribution in [0.25, 0.3) is 10.9 Å². The zero-order chi connectivity index (χ0) is 16.8. The number of anilines is 3. The van der Waals surface area contributed by atoms with E-state index in [-0.39, 0.29) is 11.5 Å². The van der Waals surface area contributed by atoms with Crippen molar-refractivity contribution in [3.63, 3.8) is 0 Å². The second-order valence-electron chi connectivity index (χ2n) is 6.94. The van der Waals surface area contributed by atoms with Gasteiger partial charge in [0.15, 0.2) is 0 Å². The van der Waals surface area contributed by atoms with Crippen LogP contribution in [0.1, 0.15) is 27.7 Å². The summed E-state index contributed by atoms with van der Waals surface area (Å²) in [5, 5.41) is 14.0. The molecule has 1 heterocycles. The molecule has 6 nitrogen and oxygen atoms in total. The average molecular weight is 312 g/mol. The minimum absolute atomic E-state index is 0.0220. The lowest BCUT2D eigenvalue weighted by atomic mass is 9.87. The minimum atomic E-state index is -0.488. The van der Waals surface area contributed by atoms with E-state index >= 15 is 0 Å². The molecule has 0 radical (unpaired) electrons. The fraction of sp³-hybridized carbons (Fsp3) is 0.353. The number of H-pyrrole nitrogens is 1. The highest BCUT2D eigenvalue weighted by Crippen LogP contribution is 2.27. The number of benzene rings is 1. The molecule has 6 heteroatoms. The number of aromatic amines is 1. The van der Waals surface area contributed by atoms with Crippen LogP contribution < -0.4 is 21.5 Å². The Morgan fingerprint density at radius 3 is 2.52 bits per heavy atom. The lowest BCUT2D eigenvalue weighted by Gasteiger charge is -2.30. The van der Waals surface area contributed by atoms with Crippen molar-refractivity contribution < 1.29 is 0 Å². The molecule has 0 saturated carbocycles. The van der Waals surface area contributed by atoms with Crippen molar-refractivity contribution in [3.05, 3.63) is 44.8 Å². The number of rotatable bonds is 4. The Bertz CT molecular complexity index is 926. The van der Waals surface area contributed by atoms with Crippen molar-refractivity contribution in [1.29, 1.82) is 0 Å². The van der Waals surface area contributed by atoms with Crippen molar-refractivity contribution in [1.82, 2.24) is 10.2 Å². The summed E-state index contributed by atoms with van der Waals surface area (Å²) >= 11 is 0. The topological polar surface area (TPSA) is 86.9 Å². The molecule has 0 saturated heterocycles. The fourth-order valence-corrected chi connectivity index (χ4v) is 2.24. The summed E-state index contributed by atoms with van der Waals surface area (Å²) in [6, 6.07) is 5.67. The smallest absolute Gasteiger partial charge is 0.253 e. The van der Waals surface area contributed by atoms with E-state index in [4.69, 9.17) is 0 Å². The Kier molecular flexibility index (Phi) is 3.47. The minimum Gasteiger partial charge on any atom is -0.377 e. The molecule has 3 rings (SSSR count). The van der Waals surface area contributed by atoms with E-state index in [0.29, 0.717) is 11.4 Å². The SMILES string of the molecule is C[C@@H](Nc1c(Nc2ccc3cn[nH]c3c2)c(=O)c1=O)C(C)(C)C. The number of nitrogens with one attached hydrogen (secondary N) is 3. The Labute approximate surface area is 133 Å². The second-order valence-corrected chi connectivity index (χ2v) is 6.94. The van der Waals surface area contributed by atoms with Crippen molar-refractivity contribution in [3.8, 4) is 0 Å². The van der Waals surface area contributed by atoms with Gasteiger partial charge >= 0.3 is 0 Å². The van der Waals surface area contributed by atoms with E-state index in [9.17, 15) is 9.59 Å². The molecular formula is C17H20N4O2. The van der Waals surface area contributed by atoms with Gasteiger partial charge in [-0.25, -0.2) is 0 Å². The second kappa shape index (κ2) is 5.22. The highest BCUT2D eigenvalue weighted by molar-refractivity contribution is 5.85. The van der Waals surface area contributed by atoms with Crippen LogP contribution in [0.5, 0.6) is 0 Å². The van der Waals surface area contributed by atoms with Crippen LogP contribution in [0.2, 0.25) is 0 Å². The number of hydrogen-bond donors (Lipinski definition) is 3. The zero-order valence-corrected chi connectivity index (χ0v) is 13.7. The van der Waals surface area contributed by atoms with Crippen LogP contribution in [0.15, 0.2) is 34.0 Å². The fourth-order valence-electron chi connectivity index (χ4n) is 2.24. The van der Waals surface area contributed by atoms with Crippen LogP contribution >= 0.6 is 0 Å². The number of hydrogen-bond acceptors (Lipinski definition) is 5. The first-order chi connectivity index (χ1) is 10.8. The van der Waals surface area contributed by atoms with Crippen LogP contribution in [-0.2, 0) is 0 Å². The Balaban J connectivity index is 1.87. The summed E-state index contributed by atoms with van der Waals surface area (Å²) in [7, 11) is 0. The first kappa shape index (κ1) is 15.3. The standard InChI is InChI=1S/C17H20N4O2/c1-9(17(2,3)4)19-13-14(16(23)15(13)22)20-11-6-5-10-8-18-21-12(10)7-11/h5-9,19-20H,1-4H3,(H,18,21)/t9-/m1/s1. The van der Waals surface area contributed by atoms with E-state index < -0.39 is 10.9 Å². The predicted octanol–water partition coefficient (Wildman–Crippen LogP) is 2.75. The van der Waals surface area contributed by atoms with Gasteiger partial charge in [0.1, 0.15) is 11.4 Å². The average Bonchev–Trinajstić information content (AvgIpc) is 2.96. The van der Waals surface area contributed by atoms with Gasteiger partial charge < -0.3 is 10.6 Å². The predicted molar refractivity (Wildman–Crippen MR) is 93.3 cm³/mol. The van der Waals surface area contributed by atoms with E-state index in [1.54, 1.807) is 6.20 Å². The number of nitrogens with zero attached hydrogens (tertiary/aromatic N) is 1. The lowest BCUT2D eigenvalue weighted by Crippen LogP contribution is -2.41. The molecule has 0 aliphatic carbocycles. The summed E-state index contributed by atoms with van der Waals surface area (Å²) < 4.78 is 0. The Morgan fingerprint density at radius 1 is 1.13 bits per heavy atom. The third-order valence-electron chi connectivity index (χ3n) is 4.28. The van der Waals surface area contributed by atoms with E-state index in [1.165, 1.54) is 0 Å². The van der Waals surface area contributed by atoms with Gasteiger partial charge in [-0.2, -0.15) is 5.10 Å². The van der Waals surface area contributed by atoms with Gasteiger partial charge in [-0.1, -0.05) is 20.8 Å². The summed E-state index contributed by atoms with van der Waals surface area (Å²) in [5.74, 6) is 0. The molecular weight excluding hydrogens is 292 g/mol. The third-order valence-corrected chi connectivity index (χ3v) is 4.28. The molecule has 0 fully saturated rings. The van der Waals surface area contributed by atoms with Crippen molar-refractivity contribution >= 4 is 28.0 Å². The van der Waals surface area contributed by atoms with Crippen LogP contribution in [0.4, 0.5) is 17.1 Å². The van der Waals surface area contributed by atoms with Crippen LogP contribution in [-0.4, -0.2) is 16.2 Å². The molecule has 23 heavy (non-hydrogen) atoms. The van der Waals surface area contributed by atoms with Crippen molar-refractivity contribution in [2.75, 3.05) is 10.6 Å². The summed E-state index contributed by atoms with van der Waals surface area (Å²) in [6.45, 7) is 8.23. The summed E-state index contributed by atoms with van der Waals surface area (Å²) in [6.07, 6.45) is 1.73. The number of aromatic nitrogens is 2. The monoisotopic (exact) mass is 312 g/mol. The van der Waals surface area contributed by atoms with E-state index in [2.05, 4.69) is 41.6 Å². The molecule has 0 amide bonds. The largest absolute Gasteiger partial charge is 0.377 e. The van der Waals surface area contributed by atoms with E-state index in [1.807, 2.05) is 25.1 Å². The van der Waals surface area contributed by atoms with E-state index in [0.717, 1.165) is 16.6 Å². The summed E-state index contributed by atoms with van der Waals surface area (Å²) in [4.78, 5) is 23.8. The van der Waals surface area contributed by atoms with Gasteiger partial charge in [0.2, 0.25) is 0 Å². The molecule has 0 bridgehead atoms. The van der Waals surface area contributed by atoms with Crippen LogP contribution in [0.3, 0.4) is 0 Å². The van der Waals surface area contributed by atoms with Gasteiger partial charge in [-0.15, -0.1) is 0 Å². The number of fused-ring (bicyclic) bond motifs is 1. The molecule has 0 unspecified atom stereocenters. The lowest BCUT2D eigenvalue weighted by molar-refractivity contribution is 0.359. The van der Waals surface area contributed by atoms with Crippen molar-refractivity contribution in [2.45, 2.75) is 33.7 Å². The molecule has 3 aromatic rings. The van der Waals surface area contributed by atoms with Gasteiger partial charge in [0.05, 0.1) is 11.7 Å². The maximum atomic E-state index is 11.9. The molecule has 120 valence electrons. The molecule has 3 N–H and O–H groups in total. The molecule has 0 spiro atoms. The van der Waals surface area contributed by atoms with Gasteiger partial charge in [-0.3, -0.25) is 14.7 Å². The highest BCUT2D eigenvalue weighted by Gasteiger charge is 2.26. The molecule has 1 aromatic heterocycles. The quantitative estimate of drug-likeness (QED) is 0.645. The third kappa shape index (κ3) is 2.72. The normalized spacial score (nSPS) is 13.4. The van der Waals surface area contributed by atoms with Gasteiger partial charge in [-0.05, 0) is 30.5 Å². The molecule has 1 atom stereocenters. The maximum absolute atomic E-state index is 11.9. The van der Waals surface area contributed by atoms with Gasteiger partial charge in [0, 0.05) is 17.1 Å². The highest BCUT2D eigenvalue weighted by atomic mass is 16.2. The molecule has 0 aliphatic rings. The van der Waals surface area contributed by atoms with Crippen LogP contribution in [0, 0.1) is 5.41 Å². The first-order valence-electron chi connectivity index (χ1n) is 7.57. The van der Waals surface area contributed by atoms with Crippen molar-refractivity contribution in [2.24, 2.45) is 5.41 Å². The van der Waals surface area contributed by atoms with Gasteiger partial charge in [0.25, 0.3) is 10.9 Å². The Morgan fingerprint density at radius 2 is 1.83 bits per heavy atom. The maximum Gasteiger partial charge on any atom is 0.253 e. The first-order valence-corrected chi connectivity index (χ1v) is 7.57. The molecule has 2 aromatic carbocycles. The zero-order valence-electron chi connectivity index (χ0n) is 13.7.